The number of hydrogen-bond donors (Lipinski definition) is 2. The molecular formula is C27H34FN5O7S2. The molecule has 12 nitrogen and oxygen atoms in total. The number of nitrogens with one attached hydrogen (secondary N) is 1. The molecule has 1 aliphatic rings. The fourth-order valence-corrected chi connectivity index (χ4v) is 6.80. The van der Waals surface area contributed by atoms with Gasteiger partial charge in [0, 0.05) is 44.0 Å². The Morgan fingerprint density at radius 2 is 1.88 bits per heavy atom. The van der Waals surface area contributed by atoms with Crippen LogP contribution in [0, 0.1) is 11.7 Å². The molecule has 0 saturated carbocycles. The molecule has 0 radical (unpaired) electrons. The van der Waals surface area contributed by atoms with Crippen molar-refractivity contribution in [3.05, 3.63) is 66.4 Å². The first kappa shape index (κ1) is 31.4. The summed E-state index contributed by atoms with van der Waals surface area (Å²) in [5, 5.41) is 9.66. The molecule has 42 heavy (non-hydrogen) atoms. The van der Waals surface area contributed by atoms with Gasteiger partial charge in [-0.3, -0.25) is 9.52 Å². The number of aliphatic hydroxyl groups excluding tert-OH is 1. The second-order valence-electron chi connectivity index (χ2n) is 10.4. The molecule has 15 heteroatoms. The molecular weight excluding hydrogens is 589 g/mol. The highest BCUT2D eigenvalue weighted by atomic mass is 32.2. The first-order valence-electron chi connectivity index (χ1n) is 13.1. The number of rotatable bonds is 9. The quantitative estimate of drug-likeness (QED) is 0.367. The molecule has 3 atom stereocenters. The standard InChI is InChI=1S/C27H34FN5O7S2/c1-18-13-33(19(2)16-34)27(35)12-20-11-22(30-41(36,37)26-15-31(3)17-29-26)7-10-24(20)40-25(18)14-32(4)42(38,39)23-8-5-21(28)6-9-23/h5-11,15,17-19,25,30,34H,12-14,16H2,1-4H3/t18-,19+,25+/m0/s1. The molecule has 228 valence electrons. The summed E-state index contributed by atoms with van der Waals surface area (Å²) < 4.78 is 77.0. The Bertz CT molecular complexity index is 1650. The predicted molar refractivity (Wildman–Crippen MR) is 152 cm³/mol. The Labute approximate surface area is 244 Å². The number of carbonyl (C=O) groups excluding carboxylic acids is 1. The third kappa shape index (κ3) is 6.91. The van der Waals surface area contributed by atoms with Crippen molar-refractivity contribution >= 4 is 31.6 Å². The Balaban J connectivity index is 1.68. The average Bonchev–Trinajstić information content (AvgIpc) is 3.40. The molecule has 0 unspecified atom stereocenters. The maximum Gasteiger partial charge on any atom is 0.280 e. The zero-order valence-corrected chi connectivity index (χ0v) is 25.3. The van der Waals surface area contributed by atoms with Gasteiger partial charge in [-0.05, 0) is 49.4 Å². The van der Waals surface area contributed by atoms with Crippen LogP contribution in [0.2, 0.25) is 0 Å². The van der Waals surface area contributed by atoms with Gasteiger partial charge in [-0.25, -0.2) is 17.8 Å². The number of imidazole rings is 1. The molecule has 1 amide bonds. The number of aliphatic hydroxyl groups is 1. The number of ether oxygens (including phenoxy) is 1. The highest BCUT2D eigenvalue weighted by Crippen LogP contribution is 2.30. The number of carbonyl (C=O) groups is 1. The zero-order chi connectivity index (χ0) is 30.8. The van der Waals surface area contributed by atoms with E-state index in [1.54, 1.807) is 14.0 Å². The van der Waals surface area contributed by atoms with E-state index in [9.17, 15) is 31.1 Å². The Hall–Kier alpha value is -3.53. The smallest absolute Gasteiger partial charge is 0.280 e. The van der Waals surface area contributed by atoms with Gasteiger partial charge in [0.05, 0.1) is 36.8 Å². The molecule has 3 aromatic rings. The third-order valence-corrected chi connectivity index (χ3v) is 10.2. The number of halogens is 1. The van der Waals surface area contributed by atoms with E-state index in [4.69, 9.17) is 4.74 Å². The molecule has 2 heterocycles. The molecule has 2 N–H and O–H groups in total. The van der Waals surface area contributed by atoms with E-state index in [1.165, 1.54) is 59.4 Å². The van der Waals surface area contributed by atoms with Crippen LogP contribution in [0.3, 0.4) is 0 Å². The molecule has 1 aromatic heterocycles. The lowest BCUT2D eigenvalue weighted by atomic mass is 10.0. The molecule has 2 aromatic carbocycles. The number of benzene rings is 2. The second-order valence-corrected chi connectivity index (χ2v) is 14.1. The molecule has 0 aliphatic carbocycles. The van der Waals surface area contributed by atoms with Crippen LogP contribution in [0.15, 0.2) is 64.9 Å². The van der Waals surface area contributed by atoms with Crippen molar-refractivity contribution in [1.29, 1.82) is 0 Å². The normalized spacial score (nSPS) is 18.9. The van der Waals surface area contributed by atoms with Crippen molar-refractivity contribution < 1.29 is 35.9 Å². The molecule has 0 saturated heterocycles. The van der Waals surface area contributed by atoms with Gasteiger partial charge in [0.2, 0.25) is 15.9 Å². The van der Waals surface area contributed by atoms with Gasteiger partial charge >= 0.3 is 0 Å². The van der Waals surface area contributed by atoms with Gasteiger partial charge in [-0.2, -0.15) is 12.7 Å². The number of anilines is 1. The summed E-state index contributed by atoms with van der Waals surface area (Å²) in [5.74, 6) is -0.981. The number of sulfonamides is 2. The summed E-state index contributed by atoms with van der Waals surface area (Å²) in [6, 6.07) is 8.46. The summed E-state index contributed by atoms with van der Waals surface area (Å²) in [5.41, 5.74) is 0.553. The second kappa shape index (κ2) is 12.4. The van der Waals surface area contributed by atoms with Gasteiger partial charge in [0.25, 0.3) is 10.0 Å². The van der Waals surface area contributed by atoms with Gasteiger partial charge in [-0.1, -0.05) is 6.92 Å². The Morgan fingerprint density at radius 1 is 1.19 bits per heavy atom. The summed E-state index contributed by atoms with van der Waals surface area (Å²) in [7, 11) is -4.99. The Kier molecular flexibility index (Phi) is 9.25. The maximum atomic E-state index is 13.4. The lowest BCUT2D eigenvalue weighted by Gasteiger charge is -2.33. The number of aromatic nitrogens is 2. The van der Waals surface area contributed by atoms with Crippen LogP contribution in [-0.2, 0) is 38.3 Å². The third-order valence-electron chi connectivity index (χ3n) is 7.08. The monoisotopic (exact) mass is 623 g/mol. The largest absolute Gasteiger partial charge is 0.488 e. The summed E-state index contributed by atoms with van der Waals surface area (Å²) in [4.78, 5) is 18.7. The average molecular weight is 624 g/mol. The van der Waals surface area contributed by atoms with Crippen molar-refractivity contribution in [2.45, 2.75) is 42.3 Å². The van der Waals surface area contributed by atoms with E-state index in [1.807, 2.05) is 6.92 Å². The van der Waals surface area contributed by atoms with Crippen LogP contribution in [-0.4, -0.2) is 85.5 Å². The number of hydrogen-bond acceptors (Lipinski definition) is 8. The van der Waals surface area contributed by atoms with Crippen molar-refractivity contribution in [1.82, 2.24) is 18.8 Å². The van der Waals surface area contributed by atoms with E-state index < -0.39 is 38.0 Å². The molecule has 1 aliphatic heterocycles. The number of nitrogens with zero attached hydrogens (tertiary/aromatic N) is 4. The Morgan fingerprint density at radius 3 is 2.50 bits per heavy atom. The lowest BCUT2D eigenvalue weighted by molar-refractivity contribution is -0.134. The minimum atomic E-state index is -4.01. The van der Waals surface area contributed by atoms with E-state index in [0.29, 0.717) is 5.56 Å². The van der Waals surface area contributed by atoms with Crippen LogP contribution >= 0.6 is 0 Å². The lowest BCUT2D eigenvalue weighted by Crippen LogP contribution is -2.48. The predicted octanol–water partition coefficient (Wildman–Crippen LogP) is 1.83. The van der Waals surface area contributed by atoms with Crippen LogP contribution in [0.1, 0.15) is 19.4 Å². The molecule has 0 fully saturated rings. The van der Waals surface area contributed by atoms with E-state index in [0.717, 1.165) is 16.4 Å². The maximum absolute atomic E-state index is 13.4. The van der Waals surface area contributed by atoms with Crippen LogP contribution in [0.25, 0.3) is 0 Å². The van der Waals surface area contributed by atoms with Crippen molar-refractivity contribution in [2.75, 3.05) is 31.5 Å². The zero-order valence-electron chi connectivity index (χ0n) is 23.6. The fraction of sp³-hybridized carbons (Fsp3) is 0.407. The van der Waals surface area contributed by atoms with Gasteiger partial charge in [0.1, 0.15) is 17.7 Å². The van der Waals surface area contributed by atoms with Gasteiger partial charge in [0.15, 0.2) is 5.03 Å². The molecule has 0 spiro atoms. The van der Waals surface area contributed by atoms with E-state index >= 15 is 0 Å². The van der Waals surface area contributed by atoms with Crippen LogP contribution in [0.4, 0.5) is 10.1 Å². The van der Waals surface area contributed by atoms with Crippen molar-refractivity contribution in [3.63, 3.8) is 0 Å². The number of fused-ring (bicyclic) bond motifs is 1. The molecule has 0 bridgehead atoms. The first-order valence-corrected chi connectivity index (χ1v) is 16.1. The number of amides is 1. The van der Waals surface area contributed by atoms with Crippen molar-refractivity contribution in [2.24, 2.45) is 13.0 Å². The fourth-order valence-electron chi connectivity index (χ4n) is 4.58. The van der Waals surface area contributed by atoms with Crippen LogP contribution in [0.5, 0.6) is 5.75 Å². The minimum Gasteiger partial charge on any atom is -0.488 e. The van der Waals surface area contributed by atoms with Gasteiger partial charge in [-0.15, -0.1) is 0 Å². The van der Waals surface area contributed by atoms with E-state index in [-0.39, 0.29) is 59.3 Å². The number of aryl methyl sites for hydroxylation is 1. The van der Waals surface area contributed by atoms with Gasteiger partial charge < -0.3 is 19.3 Å². The minimum absolute atomic E-state index is 0.0851. The summed E-state index contributed by atoms with van der Waals surface area (Å²) in [6.45, 7) is 3.28. The first-order chi connectivity index (χ1) is 19.7. The SMILES string of the molecule is C[C@H](CO)N1C[C@H](C)[C@@H](CN(C)S(=O)(=O)c2ccc(F)cc2)Oc2ccc(NS(=O)(=O)c3cn(C)cn3)cc2CC1=O. The topological polar surface area (TPSA) is 151 Å². The highest BCUT2D eigenvalue weighted by Gasteiger charge is 2.33. The van der Waals surface area contributed by atoms with Crippen molar-refractivity contribution in [3.8, 4) is 5.75 Å². The summed E-state index contributed by atoms with van der Waals surface area (Å²) in [6.07, 6.45) is 1.81. The molecule has 4 rings (SSSR count). The van der Waals surface area contributed by atoms with Crippen LogP contribution < -0.4 is 9.46 Å². The van der Waals surface area contributed by atoms with E-state index in [2.05, 4.69) is 9.71 Å². The highest BCUT2D eigenvalue weighted by molar-refractivity contribution is 7.92. The number of likely N-dealkylation sites (N-methyl/N-ethyl adjacent to an activating group) is 1. The summed E-state index contributed by atoms with van der Waals surface area (Å²) >= 11 is 0.